The van der Waals surface area contributed by atoms with Crippen LogP contribution in [-0.2, 0) is 94.4 Å². The Morgan fingerprint density at radius 3 is 1.86 bits per heavy atom. The number of amides is 11. The molecule has 0 fully saturated rings. The summed E-state index contributed by atoms with van der Waals surface area (Å²) >= 11 is 0. The number of pyridine rings is 1. The number of carbonyl (C=O) groups excluding carboxylic acids is 11. The molecule has 6 rings (SSSR count). The molecule has 0 spiro atoms. The van der Waals surface area contributed by atoms with Gasteiger partial charge < -0.3 is 89.7 Å². The van der Waals surface area contributed by atoms with Crippen LogP contribution in [0, 0.1) is 12.7 Å². The monoisotopic (exact) mass is 1480 g/mol. The smallest absolute Gasteiger partial charge is 0.305 e. The van der Waals surface area contributed by atoms with Gasteiger partial charge in [0.2, 0.25) is 65.0 Å². The molecule has 107 heavy (non-hydrogen) atoms. The van der Waals surface area contributed by atoms with E-state index in [-0.39, 0.29) is 31.2 Å². The van der Waals surface area contributed by atoms with Crippen LogP contribution in [0.2, 0.25) is 0 Å². The van der Waals surface area contributed by atoms with Crippen LogP contribution in [0.3, 0.4) is 0 Å². The minimum atomic E-state index is -2.18. The lowest BCUT2D eigenvalue weighted by atomic mass is 9.90. The molecule has 572 valence electrons. The number of nitrogens with one attached hydrogen (secondary N) is 11. The Labute approximate surface area is 616 Å². The fraction of sp³-hybridized carbons (Fsp3) is 0.392. The van der Waals surface area contributed by atoms with Gasteiger partial charge in [-0.15, -0.1) is 0 Å². The molecule has 0 saturated carbocycles. The van der Waals surface area contributed by atoms with Crippen LogP contribution in [0.5, 0.6) is 5.75 Å². The Kier molecular flexibility index (Phi) is 30.8. The van der Waals surface area contributed by atoms with Gasteiger partial charge in [0, 0.05) is 50.1 Å². The van der Waals surface area contributed by atoms with Gasteiger partial charge in [-0.05, 0) is 117 Å². The number of H-pyrrole nitrogens is 1. The molecule has 18 N–H and O–H groups in total. The van der Waals surface area contributed by atoms with Crippen LogP contribution < -0.4 is 69.4 Å². The first-order valence-corrected chi connectivity index (χ1v) is 34.3. The average Bonchev–Trinajstić information content (AvgIpc) is 1.21. The van der Waals surface area contributed by atoms with E-state index >= 15 is 4.39 Å². The molecule has 6 aromatic rings. The minimum Gasteiger partial charge on any atom is -0.497 e. The van der Waals surface area contributed by atoms with Gasteiger partial charge in [0.1, 0.15) is 64.9 Å². The predicted molar refractivity (Wildman–Crippen MR) is 387 cm³/mol. The van der Waals surface area contributed by atoms with E-state index in [9.17, 15) is 77.6 Å². The van der Waals surface area contributed by atoms with E-state index in [4.69, 9.17) is 16.2 Å². The number of rotatable bonds is 40. The summed E-state index contributed by atoms with van der Waals surface area (Å²) in [7, 11) is 1.55. The topological polar surface area (TPSA) is 506 Å². The molecule has 0 bridgehead atoms. The van der Waals surface area contributed by atoms with Gasteiger partial charge in [-0.3, -0.25) is 67.3 Å². The number of methoxy groups -OCH3 is 1. The molecule has 33 heteroatoms. The molecule has 4 aromatic carbocycles. The number of halogens is 1. The predicted octanol–water partition coefficient (Wildman–Crippen LogP) is 0.282. The molecule has 2 heterocycles. The molecule has 0 saturated heterocycles. The summed E-state index contributed by atoms with van der Waals surface area (Å²) in [5, 5.41) is 54.0. The van der Waals surface area contributed by atoms with E-state index in [1.165, 1.54) is 64.6 Å². The molecule has 2 aromatic heterocycles. The van der Waals surface area contributed by atoms with Crippen molar-refractivity contribution in [3.05, 3.63) is 161 Å². The Balaban J connectivity index is 1.14. The molecule has 9 atom stereocenters. The highest BCUT2D eigenvalue weighted by Gasteiger charge is 2.41. The van der Waals surface area contributed by atoms with Crippen molar-refractivity contribution in [2.75, 3.05) is 20.3 Å². The van der Waals surface area contributed by atoms with E-state index < -0.39 is 181 Å². The Morgan fingerprint density at radius 1 is 0.617 bits per heavy atom. The lowest BCUT2D eigenvalue weighted by Crippen LogP contribution is -2.64. The number of aromatic amines is 1. The van der Waals surface area contributed by atoms with Crippen LogP contribution in [0.25, 0.3) is 22.4 Å². The number of aliphatic carboxylic acids is 2. The van der Waals surface area contributed by atoms with Gasteiger partial charge in [0.25, 0.3) is 0 Å². The lowest BCUT2D eigenvalue weighted by molar-refractivity contribution is -0.142. The van der Waals surface area contributed by atoms with Crippen LogP contribution in [-0.4, -0.2) is 187 Å². The van der Waals surface area contributed by atoms with E-state index in [1.807, 2.05) is 50.2 Å². The number of aromatic nitrogens is 3. The number of nitrogens with two attached hydrogens (primary N) is 2. The Hall–Kier alpha value is -12.0. The lowest BCUT2D eigenvalue weighted by Gasteiger charge is -2.33. The van der Waals surface area contributed by atoms with Crippen molar-refractivity contribution in [2.45, 2.75) is 166 Å². The summed E-state index contributed by atoms with van der Waals surface area (Å²) in [5.74, 6) is -14.6. The van der Waals surface area contributed by atoms with Crippen molar-refractivity contribution in [2.24, 2.45) is 11.5 Å². The number of benzene rings is 4. The quantitative estimate of drug-likeness (QED) is 0.0246. The fourth-order valence-electron chi connectivity index (χ4n) is 11.2. The fourth-order valence-corrected chi connectivity index (χ4v) is 11.2. The average molecular weight is 1480 g/mol. The minimum absolute atomic E-state index is 0.00869. The van der Waals surface area contributed by atoms with Gasteiger partial charge in [-0.1, -0.05) is 92.7 Å². The zero-order chi connectivity index (χ0) is 78.9. The van der Waals surface area contributed by atoms with Crippen LogP contribution >= 0.6 is 0 Å². The van der Waals surface area contributed by atoms with E-state index in [0.29, 0.717) is 34.7 Å². The number of hydrogen-bond acceptors (Lipinski definition) is 18. The second kappa shape index (κ2) is 39.2. The molecule has 0 aliphatic heterocycles. The molecule has 0 aliphatic rings. The third-order valence-corrected chi connectivity index (χ3v) is 17.4. The highest BCUT2D eigenvalue weighted by Crippen LogP contribution is 2.29. The number of primary amides is 1. The molecule has 0 radical (unpaired) electrons. The number of imidazole rings is 1. The van der Waals surface area contributed by atoms with Gasteiger partial charge >= 0.3 is 11.9 Å². The van der Waals surface area contributed by atoms with Crippen molar-refractivity contribution in [1.82, 2.24) is 68.1 Å². The standard InChI is InChI=1S/C74H92FN15O17/c1-9-44-31-48(107-8)24-25-50(44)45-22-19-42(20-23-45)29-57(67(101)84-56(63(77)97)30-43-21-26-54(79-35-43)49-17-13-11-15-40(49)3)85-68(102)58(33-62(95)96)86-69(103)59(38-91)87-64(98)41(4)82-72(106)74(7,34-46-16-12-14-18-51(46)75)90-70(104)53(10-2)83-60(92)37-80-66(100)55(27-28-61(93)94)88-71(105)73(5,6)89-65(99)52(76)32-47-36-78-39-81-47/h11-26,31,35-36,39,41,52-53,55-59,91H,9-10,27-30,32-34,37-38,76H2,1-8H3,(H2,77,97)(H,78,81)(H,80,100)(H,82,106)(H,83,92)(H,84,101)(H,85,102)(H,86,103)(H,87,98)(H,88,105)(H,89,99)(H,90,104)(H,93,94)(H,95,96)/t41-,52-,53-,55-,56-,57-,58-,59-,74-/m0/s1. The van der Waals surface area contributed by atoms with Crippen LogP contribution in [0.15, 0.2) is 122 Å². The van der Waals surface area contributed by atoms with E-state index in [1.54, 1.807) is 49.6 Å². The van der Waals surface area contributed by atoms with Gasteiger partial charge in [-0.2, -0.15) is 0 Å². The third-order valence-electron chi connectivity index (χ3n) is 17.4. The molecular weight excluding hydrogens is 1390 g/mol. The second-order valence-electron chi connectivity index (χ2n) is 26.3. The zero-order valence-corrected chi connectivity index (χ0v) is 60.4. The number of carbonyl (C=O) groups is 13. The molecular formula is C74H92FN15O17. The van der Waals surface area contributed by atoms with Crippen LogP contribution in [0.1, 0.15) is 101 Å². The summed E-state index contributed by atoms with van der Waals surface area (Å²) in [6.07, 6.45) is 1.72. The highest BCUT2D eigenvalue weighted by atomic mass is 19.1. The van der Waals surface area contributed by atoms with Crippen molar-refractivity contribution in [1.29, 1.82) is 0 Å². The Bertz CT molecular complexity index is 4180. The number of hydrogen-bond donors (Lipinski definition) is 16. The number of aryl methyl sites for hydroxylation is 2. The van der Waals surface area contributed by atoms with Crippen molar-refractivity contribution in [3.8, 4) is 28.1 Å². The molecule has 0 unspecified atom stereocenters. The maximum Gasteiger partial charge on any atom is 0.305 e. The number of ether oxygens (including phenoxy) is 1. The largest absolute Gasteiger partial charge is 0.497 e. The Morgan fingerprint density at radius 2 is 1.25 bits per heavy atom. The van der Waals surface area contributed by atoms with Crippen molar-refractivity contribution >= 4 is 76.9 Å². The zero-order valence-electron chi connectivity index (χ0n) is 60.4. The maximum atomic E-state index is 15.4. The van der Waals surface area contributed by atoms with E-state index in [2.05, 4.69) is 68.1 Å². The van der Waals surface area contributed by atoms with E-state index in [0.717, 1.165) is 40.8 Å². The van der Waals surface area contributed by atoms with Gasteiger partial charge in [0.05, 0.1) is 50.4 Å². The van der Waals surface area contributed by atoms with Gasteiger partial charge in [-0.25, -0.2) is 9.37 Å². The second-order valence-corrected chi connectivity index (χ2v) is 26.3. The van der Waals surface area contributed by atoms with Gasteiger partial charge in [0.15, 0.2) is 0 Å². The maximum absolute atomic E-state index is 15.4. The first-order chi connectivity index (χ1) is 50.7. The number of carboxylic acids is 2. The molecule has 0 aliphatic carbocycles. The van der Waals surface area contributed by atoms with Crippen LogP contribution in [0.4, 0.5) is 4.39 Å². The first-order valence-electron chi connectivity index (χ1n) is 34.3. The summed E-state index contributed by atoms with van der Waals surface area (Å²) in [4.78, 5) is 187. The SMILES string of the molecule is CCc1cc(OC)ccc1-c1ccc(C[C@H](NC(=O)[C@H](CC(=O)O)NC(=O)[C@H](CO)NC(=O)[C@H](C)NC(=O)[C@](C)(Cc2ccccc2F)NC(=O)[C@H](CC)NC(=O)CNC(=O)[C@H](CCC(=O)O)NC(=O)C(C)(C)NC(=O)[C@@H](N)Cc2c[nH]cn2)C(=O)N[C@@H](Cc2ccc(-c3ccccc3C)nc2)C(N)=O)cc1. The normalized spacial score (nSPS) is 14.0. The number of aliphatic hydroxyl groups is 1. The number of carboxylic acid groups (broad SMARTS) is 2. The molecule has 32 nitrogen and oxygen atoms in total. The first kappa shape index (κ1) is 83.9. The highest BCUT2D eigenvalue weighted by molar-refractivity contribution is 6.00. The van der Waals surface area contributed by atoms with Crippen molar-refractivity contribution in [3.63, 3.8) is 0 Å². The summed E-state index contributed by atoms with van der Waals surface area (Å²) in [6, 6.07) is 16.0. The number of nitrogens with zero attached hydrogens (tertiary/aromatic N) is 2. The summed E-state index contributed by atoms with van der Waals surface area (Å²) in [6.45, 7) is 8.26. The third kappa shape index (κ3) is 24.8. The summed E-state index contributed by atoms with van der Waals surface area (Å²) in [5.41, 5.74) is 14.5. The van der Waals surface area contributed by atoms with Crippen molar-refractivity contribution < 1.29 is 86.8 Å². The summed E-state index contributed by atoms with van der Waals surface area (Å²) < 4.78 is 20.8. The number of aliphatic hydroxyl groups excluding tert-OH is 1. The molecule has 11 amide bonds.